The highest BCUT2D eigenvalue weighted by Crippen LogP contribution is 2.15. The van der Waals surface area contributed by atoms with Gasteiger partial charge in [-0.05, 0) is 39.3 Å². The minimum atomic E-state index is -0.913. The van der Waals surface area contributed by atoms with E-state index in [2.05, 4.69) is 15.3 Å². The number of hydrogen-bond acceptors (Lipinski definition) is 3. The molecule has 0 fully saturated rings. The number of urea groups is 1. The fraction of sp³-hybridized carbons (Fsp3) is 0.500. The number of benzene rings is 1. The molecular formula is C16H24N4O2. The van der Waals surface area contributed by atoms with Crippen LogP contribution in [0.1, 0.15) is 32.2 Å². The number of nitrogens with zero attached hydrogens (tertiary/aromatic N) is 2. The van der Waals surface area contributed by atoms with E-state index in [-0.39, 0.29) is 12.6 Å². The molecule has 2 aromatic rings. The van der Waals surface area contributed by atoms with Crippen LogP contribution in [-0.2, 0) is 6.54 Å². The number of aliphatic hydroxyl groups is 1. The van der Waals surface area contributed by atoms with Crippen LogP contribution in [0.25, 0.3) is 11.0 Å². The number of carbonyl (C=O) groups is 1. The molecule has 2 rings (SSSR count). The third kappa shape index (κ3) is 3.98. The molecule has 0 saturated carbocycles. The molecule has 0 atom stereocenters. The number of aromatic amines is 1. The maximum atomic E-state index is 12.2. The summed E-state index contributed by atoms with van der Waals surface area (Å²) >= 11 is 0. The number of para-hydroxylation sites is 1. The van der Waals surface area contributed by atoms with Gasteiger partial charge in [-0.15, -0.1) is 0 Å². The zero-order valence-corrected chi connectivity index (χ0v) is 13.6. The summed E-state index contributed by atoms with van der Waals surface area (Å²) in [5.74, 6) is 0.719. The van der Waals surface area contributed by atoms with Crippen molar-refractivity contribution in [2.24, 2.45) is 0 Å². The molecule has 0 spiro atoms. The van der Waals surface area contributed by atoms with Crippen molar-refractivity contribution in [1.82, 2.24) is 20.2 Å². The van der Waals surface area contributed by atoms with E-state index >= 15 is 0 Å². The van der Waals surface area contributed by atoms with Gasteiger partial charge < -0.3 is 20.3 Å². The lowest BCUT2D eigenvalue weighted by atomic mass is 10.1. The van der Waals surface area contributed by atoms with Crippen molar-refractivity contribution in [2.75, 3.05) is 13.1 Å². The third-order valence-electron chi connectivity index (χ3n) is 3.42. The molecule has 2 amide bonds. The second kappa shape index (κ2) is 6.36. The molecule has 3 N–H and O–H groups in total. The van der Waals surface area contributed by atoms with Gasteiger partial charge in [-0.1, -0.05) is 12.1 Å². The van der Waals surface area contributed by atoms with Gasteiger partial charge in [-0.3, -0.25) is 0 Å². The van der Waals surface area contributed by atoms with Crippen molar-refractivity contribution in [3.8, 4) is 0 Å². The van der Waals surface area contributed by atoms with Crippen molar-refractivity contribution < 1.29 is 9.90 Å². The van der Waals surface area contributed by atoms with Crippen molar-refractivity contribution in [3.05, 3.63) is 29.6 Å². The summed E-state index contributed by atoms with van der Waals surface area (Å²) < 4.78 is 0. The van der Waals surface area contributed by atoms with Crippen LogP contribution in [0.4, 0.5) is 4.79 Å². The van der Waals surface area contributed by atoms with Crippen LogP contribution >= 0.6 is 0 Å². The Morgan fingerprint density at radius 3 is 2.77 bits per heavy atom. The Morgan fingerprint density at radius 2 is 2.18 bits per heavy atom. The number of aryl methyl sites for hydroxylation is 1. The fourth-order valence-corrected chi connectivity index (χ4v) is 2.38. The number of rotatable bonds is 5. The first-order chi connectivity index (χ1) is 10.3. The molecule has 1 aromatic heterocycles. The van der Waals surface area contributed by atoms with E-state index in [1.165, 1.54) is 0 Å². The van der Waals surface area contributed by atoms with E-state index in [0.29, 0.717) is 13.1 Å². The molecule has 120 valence electrons. The van der Waals surface area contributed by atoms with Gasteiger partial charge in [0.1, 0.15) is 5.82 Å². The molecule has 22 heavy (non-hydrogen) atoms. The first-order valence-corrected chi connectivity index (χ1v) is 7.49. The molecule has 0 aliphatic carbocycles. The molecule has 0 saturated heterocycles. The second-order valence-electron chi connectivity index (χ2n) is 6.14. The number of aromatic nitrogens is 2. The zero-order valence-electron chi connectivity index (χ0n) is 13.6. The number of hydrogen-bond donors (Lipinski definition) is 3. The van der Waals surface area contributed by atoms with Gasteiger partial charge in [-0.2, -0.15) is 0 Å². The SMILES string of the molecule is CCN(CC(C)(C)O)C(=O)NCc1nc2c(C)cccc2[nH]1. The van der Waals surface area contributed by atoms with Crippen molar-refractivity contribution in [2.45, 2.75) is 39.8 Å². The topological polar surface area (TPSA) is 81.2 Å². The highest BCUT2D eigenvalue weighted by atomic mass is 16.3. The largest absolute Gasteiger partial charge is 0.389 e. The van der Waals surface area contributed by atoms with Crippen LogP contribution in [0.2, 0.25) is 0 Å². The maximum absolute atomic E-state index is 12.2. The van der Waals surface area contributed by atoms with E-state index in [0.717, 1.165) is 22.4 Å². The number of imidazole rings is 1. The maximum Gasteiger partial charge on any atom is 0.317 e. The minimum Gasteiger partial charge on any atom is -0.389 e. The molecule has 0 aliphatic rings. The van der Waals surface area contributed by atoms with Gasteiger partial charge in [0, 0.05) is 6.54 Å². The van der Waals surface area contributed by atoms with E-state index in [9.17, 15) is 9.90 Å². The van der Waals surface area contributed by atoms with Crippen LogP contribution in [0.5, 0.6) is 0 Å². The summed E-state index contributed by atoms with van der Waals surface area (Å²) in [4.78, 5) is 21.5. The summed E-state index contributed by atoms with van der Waals surface area (Å²) in [6.45, 7) is 8.42. The van der Waals surface area contributed by atoms with Gasteiger partial charge in [-0.25, -0.2) is 9.78 Å². The number of H-pyrrole nitrogens is 1. The van der Waals surface area contributed by atoms with E-state index in [1.807, 2.05) is 32.0 Å². The van der Waals surface area contributed by atoms with Gasteiger partial charge >= 0.3 is 6.03 Å². The zero-order chi connectivity index (χ0) is 16.3. The van der Waals surface area contributed by atoms with Crippen LogP contribution in [0.15, 0.2) is 18.2 Å². The summed E-state index contributed by atoms with van der Waals surface area (Å²) in [7, 11) is 0. The molecule has 0 radical (unpaired) electrons. The first-order valence-electron chi connectivity index (χ1n) is 7.49. The lowest BCUT2D eigenvalue weighted by molar-refractivity contribution is 0.0479. The predicted octanol–water partition coefficient (Wildman–Crippen LogP) is 2.17. The smallest absolute Gasteiger partial charge is 0.317 e. The van der Waals surface area contributed by atoms with E-state index in [4.69, 9.17) is 0 Å². The highest BCUT2D eigenvalue weighted by molar-refractivity contribution is 5.78. The summed E-state index contributed by atoms with van der Waals surface area (Å²) in [6.07, 6.45) is 0. The Kier molecular flexibility index (Phi) is 4.71. The summed E-state index contributed by atoms with van der Waals surface area (Å²) in [6, 6.07) is 5.74. The van der Waals surface area contributed by atoms with Crippen LogP contribution < -0.4 is 5.32 Å². The Bertz CT molecular complexity index is 658. The lowest BCUT2D eigenvalue weighted by Crippen LogP contribution is -2.46. The average molecular weight is 304 g/mol. The Labute approximate surface area is 130 Å². The van der Waals surface area contributed by atoms with E-state index in [1.54, 1.807) is 18.7 Å². The number of fused-ring (bicyclic) bond motifs is 1. The average Bonchev–Trinajstić information content (AvgIpc) is 2.85. The molecule has 6 heteroatoms. The van der Waals surface area contributed by atoms with Crippen molar-refractivity contribution >= 4 is 17.1 Å². The molecule has 0 unspecified atom stereocenters. The predicted molar refractivity (Wildman–Crippen MR) is 86.6 cm³/mol. The van der Waals surface area contributed by atoms with Gasteiger partial charge in [0.2, 0.25) is 0 Å². The molecule has 1 heterocycles. The Morgan fingerprint density at radius 1 is 1.45 bits per heavy atom. The normalized spacial score (nSPS) is 11.7. The Balaban J connectivity index is 2.01. The Hall–Kier alpha value is -2.08. The number of likely N-dealkylation sites (N-methyl/N-ethyl adjacent to an activating group) is 1. The van der Waals surface area contributed by atoms with Crippen LogP contribution in [0, 0.1) is 6.92 Å². The van der Waals surface area contributed by atoms with Gasteiger partial charge in [0.25, 0.3) is 0 Å². The first kappa shape index (κ1) is 16.3. The standard InChI is InChI=1S/C16H24N4O2/c1-5-20(10-16(3,4)22)15(21)17-9-13-18-12-8-6-7-11(2)14(12)19-13/h6-8,22H,5,9-10H2,1-4H3,(H,17,21)(H,18,19). The highest BCUT2D eigenvalue weighted by Gasteiger charge is 2.21. The molecule has 0 aliphatic heterocycles. The third-order valence-corrected chi connectivity index (χ3v) is 3.42. The van der Waals surface area contributed by atoms with E-state index < -0.39 is 5.60 Å². The fourth-order valence-electron chi connectivity index (χ4n) is 2.38. The van der Waals surface area contributed by atoms with Gasteiger partial charge in [0.05, 0.1) is 29.7 Å². The lowest BCUT2D eigenvalue weighted by Gasteiger charge is -2.28. The van der Waals surface area contributed by atoms with Crippen LogP contribution in [-0.4, -0.2) is 44.7 Å². The van der Waals surface area contributed by atoms with Crippen molar-refractivity contribution in [3.63, 3.8) is 0 Å². The molecular weight excluding hydrogens is 280 g/mol. The summed E-state index contributed by atoms with van der Waals surface area (Å²) in [5, 5.41) is 12.7. The number of amides is 2. The number of carbonyl (C=O) groups excluding carboxylic acids is 1. The summed E-state index contributed by atoms with van der Waals surface area (Å²) in [5.41, 5.74) is 2.08. The minimum absolute atomic E-state index is 0.207. The number of nitrogens with one attached hydrogen (secondary N) is 2. The van der Waals surface area contributed by atoms with Crippen molar-refractivity contribution in [1.29, 1.82) is 0 Å². The second-order valence-corrected chi connectivity index (χ2v) is 6.14. The quantitative estimate of drug-likeness (QED) is 0.792. The molecule has 0 bridgehead atoms. The van der Waals surface area contributed by atoms with Crippen LogP contribution in [0.3, 0.4) is 0 Å². The molecule has 6 nitrogen and oxygen atoms in total. The molecule has 1 aromatic carbocycles. The van der Waals surface area contributed by atoms with Gasteiger partial charge in [0.15, 0.2) is 0 Å². The monoisotopic (exact) mass is 304 g/mol.